The lowest BCUT2D eigenvalue weighted by atomic mass is 10.2. The summed E-state index contributed by atoms with van der Waals surface area (Å²) in [7, 11) is 1.55. The molecule has 3 N–H and O–H groups in total. The van der Waals surface area contributed by atoms with E-state index in [2.05, 4.69) is 15.3 Å². The predicted octanol–water partition coefficient (Wildman–Crippen LogP) is 0.802. The van der Waals surface area contributed by atoms with Crippen molar-refractivity contribution in [2.45, 2.75) is 0 Å². The number of nitrogens with one attached hydrogen (secondary N) is 2. The molecule has 0 fully saturated rings. The second-order valence-electron chi connectivity index (χ2n) is 3.32. The number of carboxylic acid groups (broad SMARTS) is 1. The molecule has 0 atom stereocenters. The molecule has 0 saturated heterocycles. The Morgan fingerprint density at radius 3 is 2.82 bits per heavy atom. The molecule has 1 aromatic heterocycles. The minimum absolute atomic E-state index is 0.0753. The number of aromatic carboxylic acids is 1. The number of halogens is 1. The van der Waals surface area contributed by atoms with E-state index in [-0.39, 0.29) is 11.0 Å². The Kier molecular flexibility index (Phi) is 2.51. The number of hydrogen-bond donors (Lipinski definition) is 3. The molecule has 0 saturated carbocycles. The fraction of sp³-hybridized carbons (Fsp3) is 0.100. The Morgan fingerprint density at radius 2 is 2.24 bits per heavy atom. The van der Waals surface area contributed by atoms with Gasteiger partial charge < -0.3 is 15.4 Å². The number of fused-ring (bicyclic) bond motifs is 1. The van der Waals surface area contributed by atoms with Crippen LogP contribution >= 0.6 is 0 Å². The van der Waals surface area contributed by atoms with Gasteiger partial charge in [0.25, 0.3) is 5.56 Å². The lowest BCUT2D eigenvalue weighted by molar-refractivity contribution is 0.0689. The maximum absolute atomic E-state index is 13.2. The SMILES string of the molecule is CNc1cc(F)cc2nc(C(=O)O)c(=O)[nH]c12. The number of hydrogen-bond acceptors (Lipinski definition) is 4. The zero-order valence-corrected chi connectivity index (χ0v) is 8.74. The summed E-state index contributed by atoms with van der Waals surface area (Å²) in [4.78, 5) is 28.1. The van der Waals surface area contributed by atoms with E-state index in [4.69, 9.17) is 5.11 Å². The number of aromatic amines is 1. The van der Waals surface area contributed by atoms with Crippen LogP contribution in [0, 0.1) is 5.82 Å². The minimum Gasteiger partial charge on any atom is -0.476 e. The van der Waals surface area contributed by atoms with E-state index >= 15 is 0 Å². The van der Waals surface area contributed by atoms with Crippen molar-refractivity contribution in [1.29, 1.82) is 0 Å². The second kappa shape index (κ2) is 3.85. The molecule has 7 heteroatoms. The van der Waals surface area contributed by atoms with Crippen molar-refractivity contribution < 1.29 is 14.3 Å². The monoisotopic (exact) mass is 237 g/mol. The van der Waals surface area contributed by atoms with Gasteiger partial charge in [-0.3, -0.25) is 4.79 Å². The van der Waals surface area contributed by atoms with Crippen molar-refractivity contribution in [3.05, 3.63) is 34.0 Å². The molecule has 2 rings (SSSR count). The topological polar surface area (TPSA) is 95.1 Å². The number of nitrogens with zero attached hydrogens (tertiary/aromatic N) is 1. The third kappa shape index (κ3) is 1.82. The average Bonchev–Trinajstić information content (AvgIpc) is 2.27. The van der Waals surface area contributed by atoms with Gasteiger partial charge in [-0.2, -0.15) is 0 Å². The summed E-state index contributed by atoms with van der Waals surface area (Å²) in [6.07, 6.45) is 0. The van der Waals surface area contributed by atoms with Gasteiger partial charge in [0.1, 0.15) is 5.82 Å². The molecule has 2 aromatic rings. The summed E-state index contributed by atoms with van der Waals surface area (Å²) >= 11 is 0. The van der Waals surface area contributed by atoms with Crippen molar-refractivity contribution >= 4 is 22.7 Å². The molecule has 1 heterocycles. The van der Waals surface area contributed by atoms with Crippen molar-refractivity contribution in [3.63, 3.8) is 0 Å². The van der Waals surface area contributed by atoms with Gasteiger partial charge in [0.2, 0.25) is 5.69 Å². The number of carbonyl (C=O) groups is 1. The number of anilines is 1. The van der Waals surface area contributed by atoms with Gasteiger partial charge in [-0.15, -0.1) is 0 Å². The maximum atomic E-state index is 13.2. The third-order valence-electron chi connectivity index (χ3n) is 2.24. The summed E-state index contributed by atoms with van der Waals surface area (Å²) < 4.78 is 13.2. The van der Waals surface area contributed by atoms with E-state index in [9.17, 15) is 14.0 Å². The Balaban J connectivity index is 2.87. The van der Waals surface area contributed by atoms with Crippen LogP contribution < -0.4 is 10.9 Å². The number of carboxylic acids is 1. The molecule has 0 bridgehead atoms. The predicted molar refractivity (Wildman–Crippen MR) is 58.8 cm³/mol. The normalized spacial score (nSPS) is 10.5. The number of H-pyrrole nitrogens is 1. The molecular weight excluding hydrogens is 229 g/mol. The highest BCUT2D eigenvalue weighted by molar-refractivity contribution is 5.91. The van der Waals surface area contributed by atoms with Crippen LogP contribution in [0.15, 0.2) is 16.9 Å². The molecule has 0 spiro atoms. The maximum Gasteiger partial charge on any atom is 0.360 e. The summed E-state index contributed by atoms with van der Waals surface area (Å²) in [6, 6.07) is 2.24. The molecule has 88 valence electrons. The van der Waals surface area contributed by atoms with Crippen LogP contribution in [0.2, 0.25) is 0 Å². The molecule has 0 radical (unpaired) electrons. The average molecular weight is 237 g/mol. The van der Waals surface area contributed by atoms with Crippen molar-refractivity contribution in [1.82, 2.24) is 9.97 Å². The highest BCUT2D eigenvalue weighted by Gasteiger charge is 2.14. The van der Waals surface area contributed by atoms with Crippen LogP contribution in [0.25, 0.3) is 11.0 Å². The van der Waals surface area contributed by atoms with Crippen LogP contribution in [0.3, 0.4) is 0 Å². The van der Waals surface area contributed by atoms with Gasteiger partial charge in [-0.05, 0) is 6.07 Å². The first-order valence-corrected chi connectivity index (χ1v) is 4.67. The Morgan fingerprint density at radius 1 is 1.53 bits per heavy atom. The minimum atomic E-state index is -1.46. The molecule has 6 nitrogen and oxygen atoms in total. The molecule has 0 aliphatic carbocycles. The van der Waals surface area contributed by atoms with E-state index in [1.54, 1.807) is 7.05 Å². The fourth-order valence-electron chi connectivity index (χ4n) is 1.50. The molecule has 1 aromatic carbocycles. The van der Waals surface area contributed by atoms with Crippen LogP contribution in [0.4, 0.5) is 10.1 Å². The summed E-state index contributed by atoms with van der Waals surface area (Å²) in [5.74, 6) is -2.03. The smallest absolute Gasteiger partial charge is 0.360 e. The first-order valence-electron chi connectivity index (χ1n) is 4.67. The van der Waals surface area contributed by atoms with Crippen molar-refractivity contribution in [2.24, 2.45) is 0 Å². The van der Waals surface area contributed by atoms with E-state index in [1.807, 2.05) is 0 Å². The quantitative estimate of drug-likeness (QED) is 0.718. The molecule has 0 amide bonds. The van der Waals surface area contributed by atoms with Crippen molar-refractivity contribution in [2.75, 3.05) is 12.4 Å². The first kappa shape index (κ1) is 11.1. The number of benzene rings is 1. The molecular formula is C10H8FN3O3. The second-order valence-corrected chi connectivity index (χ2v) is 3.32. The number of aromatic nitrogens is 2. The third-order valence-corrected chi connectivity index (χ3v) is 2.24. The van der Waals surface area contributed by atoms with Gasteiger partial charge >= 0.3 is 5.97 Å². The number of rotatable bonds is 2. The summed E-state index contributed by atoms with van der Waals surface area (Å²) in [6.45, 7) is 0. The largest absolute Gasteiger partial charge is 0.476 e. The fourth-order valence-corrected chi connectivity index (χ4v) is 1.50. The Bertz CT molecular complexity index is 666. The van der Waals surface area contributed by atoms with Gasteiger partial charge in [-0.25, -0.2) is 14.2 Å². The van der Waals surface area contributed by atoms with Gasteiger partial charge in [0.15, 0.2) is 0 Å². The van der Waals surface area contributed by atoms with E-state index in [0.717, 1.165) is 6.07 Å². The van der Waals surface area contributed by atoms with Crippen LogP contribution in [-0.4, -0.2) is 28.1 Å². The van der Waals surface area contributed by atoms with Crippen LogP contribution in [0.5, 0.6) is 0 Å². The van der Waals surface area contributed by atoms with Gasteiger partial charge in [0.05, 0.1) is 16.7 Å². The summed E-state index contributed by atoms with van der Waals surface area (Å²) in [5, 5.41) is 11.4. The van der Waals surface area contributed by atoms with Crippen LogP contribution in [-0.2, 0) is 0 Å². The van der Waals surface area contributed by atoms with E-state index in [1.165, 1.54) is 6.07 Å². The van der Waals surface area contributed by atoms with Crippen molar-refractivity contribution in [3.8, 4) is 0 Å². The van der Waals surface area contributed by atoms with E-state index < -0.39 is 23.0 Å². The van der Waals surface area contributed by atoms with Crippen LogP contribution in [0.1, 0.15) is 10.5 Å². The highest BCUT2D eigenvalue weighted by Crippen LogP contribution is 2.20. The lowest BCUT2D eigenvalue weighted by Gasteiger charge is -2.05. The Hall–Kier alpha value is -2.44. The molecule has 17 heavy (non-hydrogen) atoms. The van der Waals surface area contributed by atoms with E-state index in [0.29, 0.717) is 5.69 Å². The van der Waals surface area contributed by atoms with Gasteiger partial charge in [-0.1, -0.05) is 0 Å². The zero-order chi connectivity index (χ0) is 12.6. The first-order chi connectivity index (χ1) is 8.02. The lowest BCUT2D eigenvalue weighted by Crippen LogP contribution is -2.20. The van der Waals surface area contributed by atoms with Gasteiger partial charge in [0, 0.05) is 13.1 Å². The molecule has 0 aliphatic rings. The Labute approximate surface area is 94.1 Å². The zero-order valence-electron chi connectivity index (χ0n) is 8.74. The summed E-state index contributed by atoms with van der Waals surface area (Å²) in [5.41, 5.74) is -0.810. The highest BCUT2D eigenvalue weighted by atomic mass is 19.1. The standard InChI is InChI=1S/C10H8FN3O3/c1-12-5-2-4(11)3-6-7(5)14-9(15)8(13-6)10(16)17/h2-3,12H,1H3,(H,14,15)(H,16,17). The molecule has 0 unspecified atom stereocenters. The molecule has 0 aliphatic heterocycles.